The van der Waals surface area contributed by atoms with Crippen molar-refractivity contribution in [2.45, 2.75) is 44.6 Å². The fourth-order valence-corrected chi connectivity index (χ4v) is 5.41. The van der Waals surface area contributed by atoms with Gasteiger partial charge in [-0.25, -0.2) is 4.39 Å². The number of aryl methyl sites for hydroxylation is 1. The van der Waals surface area contributed by atoms with E-state index in [-0.39, 0.29) is 17.8 Å². The normalized spacial score (nSPS) is 16.7. The molecule has 0 bridgehead atoms. The van der Waals surface area contributed by atoms with Crippen LogP contribution < -0.4 is 5.73 Å². The number of nitrogens with two attached hydrogens (primary N) is 1. The number of halogens is 1. The first kappa shape index (κ1) is 20.5. The molecule has 1 atom stereocenters. The number of benzene rings is 2. The van der Waals surface area contributed by atoms with Gasteiger partial charge >= 0.3 is 0 Å². The first-order chi connectivity index (χ1) is 14.5. The second-order valence-corrected chi connectivity index (χ2v) is 8.89. The Morgan fingerprint density at radius 2 is 1.87 bits per heavy atom. The molecule has 2 heterocycles. The molecule has 1 unspecified atom stereocenters. The minimum Gasteiger partial charge on any atom is -0.365 e. The van der Waals surface area contributed by atoms with Gasteiger partial charge in [-0.1, -0.05) is 30.3 Å². The fraction of sp³-hybridized carbons (Fsp3) is 0.333. The van der Waals surface area contributed by atoms with Crippen LogP contribution in [-0.4, -0.2) is 29.3 Å². The molecule has 1 saturated heterocycles. The van der Waals surface area contributed by atoms with Gasteiger partial charge in [-0.05, 0) is 66.8 Å². The van der Waals surface area contributed by atoms with Crippen molar-refractivity contribution in [1.29, 1.82) is 0 Å². The number of carbonyl (C=O) groups excluding carboxylic acids is 2. The largest absolute Gasteiger partial charge is 0.365 e. The molecule has 3 aromatic rings. The quantitative estimate of drug-likeness (QED) is 0.624. The number of primary amides is 1. The van der Waals surface area contributed by atoms with Gasteiger partial charge in [0.2, 0.25) is 5.91 Å². The Balaban J connectivity index is 1.52. The number of likely N-dealkylation sites (tertiary alicyclic amines) is 1. The second-order valence-electron chi connectivity index (χ2n) is 7.84. The Bertz CT molecular complexity index is 1060. The Morgan fingerprint density at radius 1 is 1.10 bits per heavy atom. The molecule has 4 nitrogen and oxygen atoms in total. The third-order valence-electron chi connectivity index (χ3n) is 5.85. The average Bonchev–Trinajstić information content (AvgIpc) is 3.12. The number of nitrogens with zero attached hydrogens (tertiary/aromatic N) is 1. The molecule has 4 rings (SSSR count). The highest BCUT2D eigenvalue weighted by molar-refractivity contribution is 7.21. The van der Waals surface area contributed by atoms with E-state index in [4.69, 9.17) is 5.73 Å². The lowest BCUT2D eigenvalue weighted by Crippen LogP contribution is -2.45. The van der Waals surface area contributed by atoms with Crippen LogP contribution in [0, 0.1) is 5.82 Å². The molecule has 0 saturated carbocycles. The fourth-order valence-electron chi connectivity index (χ4n) is 4.32. The lowest BCUT2D eigenvalue weighted by atomic mass is 9.93. The number of rotatable bonds is 6. The molecule has 6 heteroatoms. The summed E-state index contributed by atoms with van der Waals surface area (Å²) in [4.78, 5) is 27.7. The summed E-state index contributed by atoms with van der Waals surface area (Å²) in [6, 6.07) is 14.3. The zero-order valence-corrected chi connectivity index (χ0v) is 17.6. The third kappa shape index (κ3) is 4.38. The van der Waals surface area contributed by atoms with E-state index in [1.54, 1.807) is 12.1 Å². The van der Waals surface area contributed by atoms with Gasteiger partial charge in [-0.15, -0.1) is 11.3 Å². The maximum absolute atomic E-state index is 13.1. The molecule has 1 aromatic heterocycles. The average molecular weight is 425 g/mol. The lowest BCUT2D eigenvalue weighted by Gasteiger charge is -2.36. The molecular formula is C24H25FN2O2S. The SMILES string of the molecule is NC(=O)c1sc2ccccc2c1CC1CCCCN1C(=O)CCc1ccc(F)cc1. The monoisotopic (exact) mass is 424 g/mol. The first-order valence-corrected chi connectivity index (χ1v) is 11.2. The van der Waals surface area contributed by atoms with Gasteiger partial charge in [0.1, 0.15) is 5.82 Å². The van der Waals surface area contributed by atoms with E-state index >= 15 is 0 Å². The summed E-state index contributed by atoms with van der Waals surface area (Å²) in [6.07, 6.45) is 4.62. The second kappa shape index (κ2) is 8.96. The van der Waals surface area contributed by atoms with Crippen LogP contribution >= 0.6 is 11.3 Å². The van der Waals surface area contributed by atoms with Crippen LogP contribution in [0.2, 0.25) is 0 Å². The zero-order chi connectivity index (χ0) is 21.1. The number of hydrogen-bond acceptors (Lipinski definition) is 3. The number of thiophene rings is 1. The predicted molar refractivity (Wildman–Crippen MR) is 118 cm³/mol. The van der Waals surface area contributed by atoms with Gasteiger partial charge in [-0.2, -0.15) is 0 Å². The van der Waals surface area contributed by atoms with Crippen molar-refractivity contribution in [2.75, 3.05) is 6.54 Å². The van der Waals surface area contributed by atoms with Crippen molar-refractivity contribution in [1.82, 2.24) is 4.90 Å². The standard InChI is InChI=1S/C24H25FN2O2S/c25-17-11-8-16(9-12-17)10-13-22(28)27-14-4-3-5-18(27)15-20-19-6-1-2-7-21(19)30-23(20)24(26)29/h1-2,6-9,11-12,18H,3-5,10,13-15H2,(H2,26,29). The van der Waals surface area contributed by atoms with Crippen LogP contribution in [0.4, 0.5) is 4.39 Å². The van der Waals surface area contributed by atoms with Crippen LogP contribution in [0.1, 0.15) is 46.5 Å². The first-order valence-electron chi connectivity index (χ1n) is 10.4. The molecule has 1 aliphatic heterocycles. The molecule has 0 aliphatic carbocycles. The van der Waals surface area contributed by atoms with Gasteiger partial charge in [-0.3, -0.25) is 9.59 Å². The molecule has 1 aliphatic rings. The van der Waals surface area contributed by atoms with Crippen molar-refractivity contribution < 1.29 is 14.0 Å². The van der Waals surface area contributed by atoms with Gasteiger partial charge in [0, 0.05) is 23.7 Å². The van der Waals surface area contributed by atoms with E-state index in [9.17, 15) is 14.0 Å². The Kier molecular flexibility index (Phi) is 6.13. The predicted octanol–water partition coefficient (Wildman–Crippen LogP) is 4.70. The van der Waals surface area contributed by atoms with E-state index < -0.39 is 5.91 Å². The van der Waals surface area contributed by atoms with Crippen molar-refractivity contribution in [3.05, 3.63) is 70.4 Å². The number of amides is 2. The minimum atomic E-state index is -0.406. The zero-order valence-electron chi connectivity index (χ0n) is 16.8. The Labute approximate surface area is 179 Å². The smallest absolute Gasteiger partial charge is 0.259 e. The Morgan fingerprint density at radius 3 is 2.63 bits per heavy atom. The molecule has 0 spiro atoms. The van der Waals surface area contributed by atoms with Gasteiger partial charge in [0.15, 0.2) is 0 Å². The highest BCUT2D eigenvalue weighted by atomic mass is 32.1. The van der Waals surface area contributed by atoms with Crippen molar-refractivity contribution >= 4 is 33.2 Å². The highest BCUT2D eigenvalue weighted by Gasteiger charge is 2.29. The highest BCUT2D eigenvalue weighted by Crippen LogP contribution is 2.34. The van der Waals surface area contributed by atoms with Gasteiger partial charge in [0.25, 0.3) is 5.91 Å². The molecule has 156 valence electrons. The number of piperidine rings is 1. The molecule has 2 aromatic carbocycles. The van der Waals surface area contributed by atoms with E-state index in [0.717, 1.165) is 47.0 Å². The minimum absolute atomic E-state index is 0.0653. The summed E-state index contributed by atoms with van der Waals surface area (Å²) in [7, 11) is 0. The van der Waals surface area contributed by atoms with Crippen LogP contribution in [0.15, 0.2) is 48.5 Å². The maximum atomic E-state index is 13.1. The number of fused-ring (bicyclic) bond motifs is 1. The topological polar surface area (TPSA) is 63.4 Å². The molecular weight excluding hydrogens is 399 g/mol. The van der Waals surface area contributed by atoms with Crippen molar-refractivity contribution in [2.24, 2.45) is 5.73 Å². The summed E-state index contributed by atoms with van der Waals surface area (Å²) >= 11 is 1.43. The molecule has 1 fully saturated rings. The third-order valence-corrected chi connectivity index (χ3v) is 7.08. The molecule has 2 amide bonds. The summed E-state index contributed by atoms with van der Waals surface area (Å²) in [5.74, 6) is -0.560. The van der Waals surface area contributed by atoms with Crippen LogP contribution in [0.5, 0.6) is 0 Å². The van der Waals surface area contributed by atoms with E-state index in [1.165, 1.54) is 23.5 Å². The van der Waals surface area contributed by atoms with E-state index in [0.29, 0.717) is 24.1 Å². The van der Waals surface area contributed by atoms with Crippen LogP contribution in [0.25, 0.3) is 10.1 Å². The van der Waals surface area contributed by atoms with E-state index in [2.05, 4.69) is 0 Å². The summed E-state index contributed by atoms with van der Waals surface area (Å²) < 4.78 is 14.1. The van der Waals surface area contributed by atoms with Crippen LogP contribution in [0.3, 0.4) is 0 Å². The summed E-state index contributed by atoms with van der Waals surface area (Å²) in [5, 5.41) is 1.06. The van der Waals surface area contributed by atoms with E-state index in [1.807, 2.05) is 29.2 Å². The van der Waals surface area contributed by atoms with Crippen molar-refractivity contribution in [3.63, 3.8) is 0 Å². The van der Waals surface area contributed by atoms with Gasteiger partial charge < -0.3 is 10.6 Å². The summed E-state index contributed by atoms with van der Waals surface area (Å²) in [5.41, 5.74) is 7.59. The van der Waals surface area contributed by atoms with Crippen LogP contribution in [-0.2, 0) is 17.6 Å². The number of hydrogen-bond donors (Lipinski definition) is 1. The lowest BCUT2D eigenvalue weighted by molar-refractivity contribution is -0.134. The molecule has 2 N–H and O–H groups in total. The maximum Gasteiger partial charge on any atom is 0.259 e. The molecule has 0 radical (unpaired) electrons. The van der Waals surface area contributed by atoms with Crippen molar-refractivity contribution in [3.8, 4) is 0 Å². The van der Waals surface area contributed by atoms with Gasteiger partial charge in [0.05, 0.1) is 4.88 Å². The molecule has 30 heavy (non-hydrogen) atoms. The Hall–Kier alpha value is -2.73. The summed E-state index contributed by atoms with van der Waals surface area (Å²) in [6.45, 7) is 0.737. The number of carbonyl (C=O) groups is 2.